The zero-order valence-corrected chi connectivity index (χ0v) is 8.71. The molecule has 1 aliphatic heterocycles. The molecule has 1 fully saturated rings. The molecule has 5 N–H and O–H groups in total. The molecule has 0 atom stereocenters. The number of nitrogens with two attached hydrogens (primary N) is 1. The molecule has 6 nitrogen and oxygen atoms in total. The number of primary amides is 1. The minimum absolute atomic E-state index is 0.0720. The maximum absolute atomic E-state index is 11.6. The molecule has 1 rings (SSSR count). The third-order valence-electron chi connectivity index (χ3n) is 2.43. The number of carbonyl (C=O) groups is 2. The van der Waals surface area contributed by atoms with Crippen LogP contribution in [0, 0.1) is 5.92 Å². The molecule has 0 bridgehead atoms. The molecule has 0 spiro atoms. The van der Waals surface area contributed by atoms with E-state index >= 15 is 0 Å². The summed E-state index contributed by atoms with van der Waals surface area (Å²) in [5.41, 5.74) is 4.88. The second-order valence-corrected chi connectivity index (χ2v) is 3.61. The lowest BCUT2D eigenvalue weighted by atomic mass is 9.97. The Morgan fingerprint density at radius 1 is 1.20 bits per heavy atom. The van der Waals surface area contributed by atoms with Gasteiger partial charge in [0.1, 0.15) is 0 Å². The van der Waals surface area contributed by atoms with Crippen LogP contribution < -0.4 is 21.7 Å². The molecule has 0 aliphatic carbocycles. The maximum Gasteiger partial charge on any atom is 0.312 e. The second-order valence-electron chi connectivity index (χ2n) is 3.61. The Labute approximate surface area is 89.0 Å². The van der Waals surface area contributed by atoms with E-state index in [1.54, 1.807) is 0 Å². The summed E-state index contributed by atoms with van der Waals surface area (Å²) >= 11 is 0. The highest BCUT2D eigenvalue weighted by molar-refractivity contribution is 5.78. The topological polar surface area (TPSA) is 96.2 Å². The first-order chi connectivity index (χ1) is 7.20. The Hall–Kier alpha value is -1.30. The summed E-state index contributed by atoms with van der Waals surface area (Å²) in [4.78, 5) is 21.9. The monoisotopic (exact) mass is 214 g/mol. The van der Waals surface area contributed by atoms with Crippen molar-refractivity contribution in [3.63, 3.8) is 0 Å². The predicted octanol–water partition coefficient (Wildman–Crippen LogP) is -1.23. The number of hydrogen-bond acceptors (Lipinski definition) is 3. The van der Waals surface area contributed by atoms with Crippen LogP contribution in [0.25, 0.3) is 0 Å². The van der Waals surface area contributed by atoms with E-state index in [9.17, 15) is 9.59 Å². The third-order valence-corrected chi connectivity index (χ3v) is 2.43. The first-order valence-corrected chi connectivity index (χ1v) is 5.22. The van der Waals surface area contributed by atoms with Gasteiger partial charge in [-0.1, -0.05) is 0 Å². The fourth-order valence-corrected chi connectivity index (χ4v) is 1.60. The highest BCUT2D eigenvalue weighted by atomic mass is 16.2. The zero-order valence-electron chi connectivity index (χ0n) is 8.71. The smallest absolute Gasteiger partial charge is 0.312 e. The Bertz CT molecular complexity index is 226. The lowest BCUT2D eigenvalue weighted by molar-refractivity contribution is -0.125. The van der Waals surface area contributed by atoms with E-state index < -0.39 is 6.03 Å². The summed E-state index contributed by atoms with van der Waals surface area (Å²) in [7, 11) is 0. The van der Waals surface area contributed by atoms with E-state index in [-0.39, 0.29) is 11.8 Å². The molecule has 3 amide bonds. The van der Waals surface area contributed by atoms with Crippen molar-refractivity contribution >= 4 is 11.9 Å². The first kappa shape index (κ1) is 11.8. The van der Waals surface area contributed by atoms with E-state index in [1.165, 1.54) is 0 Å². The molecule has 86 valence electrons. The van der Waals surface area contributed by atoms with Crippen molar-refractivity contribution in [3.05, 3.63) is 0 Å². The summed E-state index contributed by atoms with van der Waals surface area (Å²) in [5.74, 6) is 0.183. The van der Waals surface area contributed by atoms with Gasteiger partial charge < -0.3 is 21.7 Å². The number of rotatable bonds is 4. The molecule has 0 aromatic heterocycles. The van der Waals surface area contributed by atoms with E-state index in [4.69, 9.17) is 5.73 Å². The largest absolute Gasteiger partial charge is 0.354 e. The van der Waals surface area contributed by atoms with Crippen LogP contribution in [-0.4, -0.2) is 38.1 Å². The number of carbonyl (C=O) groups excluding carboxylic acids is 2. The van der Waals surface area contributed by atoms with Gasteiger partial charge in [-0.3, -0.25) is 4.79 Å². The molecule has 0 aromatic rings. The molecule has 0 aromatic carbocycles. The molecule has 0 radical (unpaired) electrons. The lowest BCUT2D eigenvalue weighted by Gasteiger charge is -2.21. The van der Waals surface area contributed by atoms with Crippen molar-refractivity contribution in [2.75, 3.05) is 26.2 Å². The van der Waals surface area contributed by atoms with Crippen molar-refractivity contribution in [2.45, 2.75) is 12.8 Å². The zero-order chi connectivity index (χ0) is 11.1. The molecule has 0 saturated carbocycles. The number of amides is 3. The number of piperidine rings is 1. The van der Waals surface area contributed by atoms with Crippen LogP contribution in [0.3, 0.4) is 0 Å². The van der Waals surface area contributed by atoms with Gasteiger partial charge in [0.05, 0.1) is 0 Å². The average molecular weight is 214 g/mol. The molecular formula is C9H18N4O2. The molecule has 0 unspecified atom stereocenters. The van der Waals surface area contributed by atoms with Crippen molar-refractivity contribution in [2.24, 2.45) is 11.7 Å². The quantitative estimate of drug-likeness (QED) is 0.441. The lowest BCUT2D eigenvalue weighted by Crippen LogP contribution is -2.42. The molecular weight excluding hydrogens is 196 g/mol. The van der Waals surface area contributed by atoms with Crippen molar-refractivity contribution < 1.29 is 9.59 Å². The van der Waals surface area contributed by atoms with Crippen LogP contribution in [0.1, 0.15) is 12.8 Å². The number of hydrogen-bond donors (Lipinski definition) is 4. The van der Waals surface area contributed by atoms with Gasteiger partial charge in [0.15, 0.2) is 0 Å². The summed E-state index contributed by atoms with van der Waals surface area (Å²) in [5, 5.41) is 8.38. The minimum atomic E-state index is -0.564. The van der Waals surface area contributed by atoms with Crippen molar-refractivity contribution in [1.29, 1.82) is 0 Å². The Morgan fingerprint density at radius 3 is 2.40 bits per heavy atom. The van der Waals surface area contributed by atoms with Crippen LogP contribution in [0.15, 0.2) is 0 Å². The van der Waals surface area contributed by atoms with Crippen LogP contribution >= 0.6 is 0 Å². The van der Waals surface area contributed by atoms with Gasteiger partial charge in [-0.05, 0) is 25.9 Å². The molecule has 1 heterocycles. The second kappa shape index (κ2) is 6.23. The molecule has 1 saturated heterocycles. The fourth-order valence-electron chi connectivity index (χ4n) is 1.60. The highest BCUT2D eigenvalue weighted by Crippen LogP contribution is 2.10. The van der Waals surface area contributed by atoms with Crippen molar-refractivity contribution in [1.82, 2.24) is 16.0 Å². The fraction of sp³-hybridized carbons (Fsp3) is 0.778. The van der Waals surface area contributed by atoms with E-state index in [0.717, 1.165) is 25.9 Å². The molecule has 15 heavy (non-hydrogen) atoms. The van der Waals surface area contributed by atoms with Gasteiger partial charge in [0.2, 0.25) is 5.91 Å². The van der Waals surface area contributed by atoms with E-state index in [2.05, 4.69) is 16.0 Å². The summed E-state index contributed by atoms with van der Waals surface area (Å²) in [6.45, 7) is 2.62. The van der Waals surface area contributed by atoms with Gasteiger partial charge in [-0.15, -0.1) is 0 Å². The predicted molar refractivity (Wildman–Crippen MR) is 56.2 cm³/mol. The Morgan fingerprint density at radius 2 is 1.80 bits per heavy atom. The van der Waals surface area contributed by atoms with Gasteiger partial charge in [-0.2, -0.15) is 0 Å². The van der Waals surface area contributed by atoms with Crippen LogP contribution in [-0.2, 0) is 4.79 Å². The molecule has 6 heteroatoms. The Balaban J connectivity index is 2.09. The standard InChI is InChI=1S/C9H18N4O2/c10-9(15)13-6-5-12-8(14)7-1-3-11-4-2-7/h7,11H,1-6H2,(H,12,14)(H3,10,13,15). The van der Waals surface area contributed by atoms with Crippen LogP contribution in [0.5, 0.6) is 0 Å². The number of urea groups is 1. The summed E-state index contributed by atoms with van der Waals surface area (Å²) in [6, 6.07) is -0.564. The summed E-state index contributed by atoms with van der Waals surface area (Å²) < 4.78 is 0. The highest BCUT2D eigenvalue weighted by Gasteiger charge is 2.19. The van der Waals surface area contributed by atoms with Crippen molar-refractivity contribution in [3.8, 4) is 0 Å². The summed E-state index contributed by atoms with van der Waals surface area (Å²) in [6.07, 6.45) is 1.77. The van der Waals surface area contributed by atoms with Gasteiger partial charge >= 0.3 is 6.03 Å². The van der Waals surface area contributed by atoms with Crippen LogP contribution in [0.4, 0.5) is 4.79 Å². The first-order valence-electron chi connectivity index (χ1n) is 5.22. The number of nitrogens with one attached hydrogen (secondary N) is 3. The minimum Gasteiger partial charge on any atom is -0.354 e. The van der Waals surface area contributed by atoms with E-state index in [0.29, 0.717) is 13.1 Å². The van der Waals surface area contributed by atoms with Gasteiger partial charge in [-0.25, -0.2) is 4.79 Å². The average Bonchev–Trinajstić information content (AvgIpc) is 2.25. The SMILES string of the molecule is NC(=O)NCCNC(=O)C1CCNCC1. The maximum atomic E-state index is 11.6. The normalized spacial score (nSPS) is 17.1. The Kier molecular flexibility index (Phi) is 4.89. The van der Waals surface area contributed by atoms with Gasteiger partial charge in [0, 0.05) is 19.0 Å². The van der Waals surface area contributed by atoms with Crippen LogP contribution in [0.2, 0.25) is 0 Å². The van der Waals surface area contributed by atoms with E-state index in [1.807, 2.05) is 0 Å². The third kappa shape index (κ3) is 4.64. The molecule has 1 aliphatic rings. The van der Waals surface area contributed by atoms with Gasteiger partial charge in [0.25, 0.3) is 0 Å².